The fourth-order valence-corrected chi connectivity index (χ4v) is 14.9. The van der Waals surface area contributed by atoms with Crippen LogP contribution in [0.5, 0.6) is 0 Å². The third kappa shape index (κ3) is 0.754. The Morgan fingerprint density at radius 3 is 1.92 bits per heavy atom. The van der Waals surface area contributed by atoms with E-state index in [1.165, 1.54) is 12.8 Å². The number of carbonyl (C=O) groups is 1. The van der Waals surface area contributed by atoms with Crippen LogP contribution in [0.4, 0.5) is 0 Å². The summed E-state index contributed by atoms with van der Waals surface area (Å²) >= 11 is 0. The molecule has 0 amide bonds. The molecule has 10 fully saturated rings. The Labute approximate surface area is 154 Å². The van der Waals surface area contributed by atoms with Crippen LogP contribution in [0.15, 0.2) is 12.7 Å². The molecule has 0 saturated heterocycles. The molecule has 0 N–H and O–H groups in total. The monoisotopic (exact) mass is 346 g/mol. The molecule has 0 radical (unpaired) electrons. The van der Waals surface area contributed by atoms with Gasteiger partial charge in [0.15, 0.2) is 0 Å². The first kappa shape index (κ1) is 12.6. The Hall–Kier alpha value is -0.790. The second kappa shape index (κ2) is 3.16. The Balaban J connectivity index is 1.33. The lowest BCUT2D eigenvalue weighted by Crippen LogP contribution is -2.45. The van der Waals surface area contributed by atoms with Crippen LogP contribution in [0.2, 0.25) is 0 Å². The van der Waals surface area contributed by atoms with E-state index >= 15 is 0 Å². The molecular formula is C24H26O2. The minimum atomic E-state index is -0.0197. The van der Waals surface area contributed by atoms with Crippen molar-refractivity contribution in [3.05, 3.63) is 12.7 Å². The van der Waals surface area contributed by atoms with E-state index in [-0.39, 0.29) is 11.4 Å². The first-order chi connectivity index (χ1) is 12.8. The van der Waals surface area contributed by atoms with Crippen LogP contribution in [-0.2, 0) is 9.53 Å². The third-order valence-corrected chi connectivity index (χ3v) is 13.4. The van der Waals surface area contributed by atoms with Crippen molar-refractivity contribution >= 4 is 5.97 Å². The molecule has 26 heavy (non-hydrogen) atoms. The molecule has 0 spiro atoms. The third-order valence-electron chi connectivity index (χ3n) is 13.4. The normalized spacial score (nSPS) is 81.8. The molecule has 4 unspecified atom stereocenters. The molecule has 10 aliphatic carbocycles. The first-order valence-electron chi connectivity index (χ1n) is 11.6. The van der Waals surface area contributed by atoms with Gasteiger partial charge in [0.05, 0.1) is 5.41 Å². The van der Waals surface area contributed by atoms with Crippen molar-refractivity contribution < 1.29 is 9.53 Å². The van der Waals surface area contributed by atoms with E-state index in [1.54, 1.807) is 6.08 Å². The minimum absolute atomic E-state index is 0.0197. The van der Waals surface area contributed by atoms with Gasteiger partial charge in [-0.3, -0.25) is 4.79 Å². The van der Waals surface area contributed by atoms with E-state index in [0.717, 1.165) is 101 Å². The van der Waals surface area contributed by atoms with Crippen LogP contribution in [0.3, 0.4) is 0 Å². The fourth-order valence-electron chi connectivity index (χ4n) is 14.9. The Kier molecular flexibility index (Phi) is 1.54. The highest BCUT2D eigenvalue weighted by atomic mass is 16.5. The van der Waals surface area contributed by atoms with E-state index in [0.29, 0.717) is 6.61 Å². The Bertz CT molecular complexity index is 803. The van der Waals surface area contributed by atoms with Crippen LogP contribution in [0.25, 0.3) is 0 Å². The molecule has 0 aliphatic heterocycles. The summed E-state index contributed by atoms with van der Waals surface area (Å²) in [5.41, 5.74) is -0.0197. The van der Waals surface area contributed by atoms with E-state index < -0.39 is 0 Å². The minimum Gasteiger partial charge on any atom is -0.461 e. The number of rotatable bonds is 3. The quantitative estimate of drug-likeness (QED) is 0.580. The maximum Gasteiger partial charge on any atom is 0.313 e. The molecule has 0 aromatic rings. The predicted molar refractivity (Wildman–Crippen MR) is 92.2 cm³/mol. The topological polar surface area (TPSA) is 26.3 Å². The molecular weight excluding hydrogens is 320 g/mol. The van der Waals surface area contributed by atoms with Crippen molar-refractivity contribution in [1.29, 1.82) is 0 Å². The van der Waals surface area contributed by atoms with Gasteiger partial charge in [0, 0.05) is 0 Å². The molecule has 2 heteroatoms. The van der Waals surface area contributed by atoms with Crippen LogP contribution >= 0.6 is 0 Å². The molecule has 0 aromatic heterocycles. The number of fused-ring (bicyclic) bond motifs is 4. The fraction of sp³-hybridized carbons (Fsp3) is 0.875. The van der Waals surface area contributed by atoms with Gasteiger partial charge in [-0.25, -0.2) is 0 Å². The maximum absolute atomic E-state index is 13.8. The standard InChI is InChI=1S/C24H26O2/c1-2-3-26-23(25)24-20-8-4-6-10-7-5-9(20)14-12(7)17-15(10)16-11(6)13(8)21(24)18(16)19(17)22(14)24/h2,6-22H,1,3-5H2/t6-,7+,8-,9-,10?,11+,12-,13-,14-,15?,16+,17-,18+,19+,20?,21-,22-,24?/m1/s1. The molecule has 10 aliphatic rings. The number of hydrogen-bond acceptors (Lipinski definition) is 2. The lowest BCUT2D eigenvalue weighted by atomic mass is 9.63. The van der Waals surface area contributed by atoms with Gasteiger partial charge in [0.25, 0.3) is 0 Å². The summed E-state index contributed by atoms with van der Waals surface area (Å²) in [5.74, 6) is 16.8. The van der Waals surface area contributed by atoms with Gasteiger partial charge in [-0.1, -0.05) is 12.7 Å². The van der Waals surface area contributed by atoms with Crippen molar-refractivity contribution in [3.8, 4) is 0 Å². The lowest BCUT2D eigenvalue weighted by molar-refractivity contribution is -0.163. The lowest BCUT2D eigenvalue weighted by Gasteiger charge is -2.40. The molecule has 2 nitrogen and oxygen atoms in total. The van der Waals surface area contributed by atoms with Crippen LogP contribution in [-0.4, -0.2) is 12.6 Å². The molecule has 18 atom stereocenters. The van der Waals surface area contributed by atoms with Crippen LogP contribution in [0.1, 0.15) is 12.8 Å². The maximum atomic E-state index is 13.8. The summed E-state index contributed by atoms with van der Waals surface area (Å²) in [5, 5.41) is 0. The zero-order chi connectivity index (χ0) is 16.4. The van der Waals surface area contributed by atoms with Crippen molar-refractivity contribution in [2.24, 2.45) is 106 Å². The van der Waals surface area contributed by atoms with E-state index in [9.17, 15) is 4.79 Å². The highest BCUT2D eigenvalue weighted by molar-refractivity contribution is 5.82. The Morgan fingerprint density at radius 2 is 1.35 bits per heavy atom. The second-order valence-corrected chi connectivity index (χ2v) is 12.3. The van der Waals surface area contributed by atoms with Crippen LogP contribution in [0, 0.1) is 106 Å². The van der Waals surface area contributed by atoms with E-state index in [1.807, 2.05) is 0 Å². The summed E-state index contributed by atoms with van der Waals surface area (Å²) < 4.78 is 5.96. The van der Waals surface area contributed by atoms with Crippen molar-refractivity contribution in [1.82, 2.24) is 0 Å². The smallest absolute Gasteiger partial charge is 0.313 e. The predicted octanol–water partition coefficient (Wildman–Crippen LogP) is 3.09. The second-order valence-electron chi connectivity index (χ2n) is 12.3. The van der Waals surface area contributed by atoms with Gasteiger partial charge in [-0.05, 0) is 113 Å². The molecule has 0 bridgehead atoms. The number of carbonyl (C=O) groups excluding carboxylic acids is 1. The number of ether oxygens (including phenoxy) is 1. The van der Waals surface area contributed by atoms with Gasteiger partial charge in [0.1, 0.15) is 6.61 Å². The Morgan fingerprint density at radius 1 is 0.769 bits per heavy atom. The van der Waals surface area contributed by atoms with Crippen molar-refractivity contribution in [2.75, 3.05) is 6.61 Å². The summed E-state index contributed by atoms with van der Waals surface area (Å²) in [7, 11) is 0. The van der Waals surface area contributed by atoms with Gasteiger partial charge in [-0.15, -0.1) is 0 Å². The molecule has 134 valence electrons. The van der Waals surface area contributed by atoms with E-state index in [4.69, 9.17) is 4.74 Å². The summed E-state index contributed by atoms with van der Waals surface area (Å²) in [6, 6.07) is 0. The number of hydrogen-bond donors (Lipinski definition) is 0. The van der Waals surface area contributed by atoms with Gasteiger partial charge < -0.3 is 4.74 Å². The van der Waals surface area contributed by atoms with Gasteiger partial charge in [0.2, 0.25) is 0 Å². The average Bonchev–Trinajstić information content (AvgIpc) is 3.33. The summed E-state index contributed by atoms with van der Waals surface area (Å²) in [6.45, 7) is 4.25. The molecule has 0 aromatic carbocycles. The molecule has 0 heterocycles. The number of esters is 1. The zero-order valence-electron chi connectivity index (χ0n) is 15.0. The van der Waals surface area contributed by atoms with Gasteiger partial charge >= 0.3 is 5.97 Å². The average molecular weight is 346 g/mol. The van der Waals surface area contributed by atoms with Crippen molar-refractivity contribution in [2.45, 2.75) is 12.8 Å². The van der Waals surface area contributed by atoms with Gasteiger partial charge in [-0.2, -0.15) is 0 Å². The van der Waals surface area contributed by atoms with E-state index in [2.05, 4.69) is 6.58 Å². The largest absolute Gasteiger partial charge is 0.461 e. The highest BCUT2D eigenvalue weighted by Crippen LogP contribution is 2.99. The molecule has 10 saturated carbocycles. The first-order valence-corrected chi connectivity index (χ1v) is 11.6. The highest BCUT2D eigenvalue weighted by Gasteiger charge is 2.97. The van der Waals surface area contributed by atoms with Crippen LogP contribution < -0.4 is 0 Å². The molecule has 10 rings (SSSR count). The SMILES string of the molecule is C=CCOC(=O)C12C3[C@@H]4C[C@@H]5C6C7[C@@H]8[C@@H]5[C@@H]4[C@@H]1[C@@H]8[C@@H]1[C@@H]7[C@H]4[C@H]([C@H]12)[C@H]3C[C@@H]64. The summed E-state index contributed by atoms with van der Waals surface area (Å²) in [4.78, 5) is 13.8. The zero-order valence-corrected chi connectivity index (χ0v) is 15.0. The van der Waals surface area contributed by atoms with Crippen molar-refractivity contribution in [3.63, 3.8) is 0 Å². The summed E-state index contributed by atoms with van der Waals surface area (Å²) in [6.07, 6.45) is 4.83.